The molecule has 0 bridgehead atoms. The van der Waals surface area contributed by atoms with Crippen molar-refractivity contribution in [2.75, 3.05) is 55.6 Å². The van der Waals surface area contributed by atoms with E-state index in [1.807, 2.05) is 12.1 Å². The van der Waals surface area contributed by atoms with Gasteiger partial charge in [-0.25, -0.2) is 0 Å². The molecule has 5 aliphatic rings. The minimum atomic E-state index is -0.582. The highest BCUT2D eigenvalue weighted by atomic mass is 35.5. The van der Waals surface area contributed by atoms with Crippen LogP contribution in [0.1, 0.15) is 95.8 Å². The summed E-state index contributed by atoms with van der Waals surface area (Å²) >= 11 is 6.51. The molecule has 11 heteroatoms. The highest BCUT2D eigenvalue weighted by Crippen LogP contribution is 2.38. The number of likely N-dealkylation sites (tertiary alicyclic amines) is 1. The van der Waals surface area contributed by atoms with Gasteiger partial charge in [-0.1, -0.05) is 29.8 Å². The summed E-state index contributed by atoms with van der Waals surface area (Å²) in [6.07, 6.45) is 9.38. The number of nitriles is 1. The largest absolute Gasteiger partial charge is 0.372 e. The van der Waals surface area contributed by atoms with Crippen molar-refractivity contribution in [3.8, 4) is 6.07 Å². The average molecular weight is 758 g/mol. The highest BCUT2D eigenvalue weighted by molar-refractivity contribution is 6.36. The lowest BCUT2D eigenvalue weighted by Crippen LogP contribution is -2.52. The van der Waals surface area contributed by atoms with Crippen molar-refractivity contribution in [2.24, 2.45) is 5.92 Å². The van der Waals surface area contributed by atoms with E-state index >= 15 is 0 Å². The molecule has 10 nitrogen and oxygen atoms in total. The minimum absolute atomic E-state index is 0.117. The first-order valence-electron chi connectivity index (χ1n) is 20.1. The van der Waals surface area contributed by atoms with Gasteiger partial charge >= 0.3 is 0 Å². The Balaban J connectivity index is 0.745. The van der Waals surface area contributed by atoms with Crippen molar-refractivity contribution in [1.82, 2.24) is 20.1 Å². The second-order valence-electron chi connectivity index (χ2n) is 16.3. The van der Waals surface area contributed by atoms with Crippen molar-refractivity contribution >= 4 is 51.6 Å². The molecule has 1 aromatic heterocycles. The standard InChI is InChI=1S/C44H48ClN7O3/c45-38-10-9-36(42-41(38)33(23-46)24-47-42)31-2-1-17-51(26-31)34-5-3-29(4-6-34)30-15-18-49(19-16-30)25-28-13-20-50(21-14-28)35-7-8-37-32(22-35)27-52(44(37)55)39-11-12-40(53)48-43(39)54/h3-10,22,24,28,30-31,39,47H,1-2,11-21,25-27H2,(H,48,53,54)/t31-,39?/m0/s1. The summed E-state index contributed by atoms with van der Waals surface area (Å²) in [6.45, 7) is 7.88. The second kappa shape index (κ2) is 15.0. The fraction of sp³-hybridized carbons (Fsp3) is 0.455. The number of nitrogens with zero attached hydrogens (tertiary/aromatic N) is 5. The van der Waals surface area contributed by atoms with Crippen molar-refractivity contribution in [2.45, 2.75) is 75.8 Å². The zero-order valence-corrected chi connectivity index (χ0v) is 32.0. The summed E-state index contributed by atoms with van der Waals surface area (Å²) in [4.78, 5) is 49.8. The number of anilines is 2. The number of rotatable bonds is 7. The molecule has 4 saturated heterocycles. The van der Waals surface area contributed by atoms with Crippen LogP contribution < -0.4 is 15.1 Å². The molecule has 5 aliphatic heterocycles. The molecule has 55 heavy (non-hydrogen) atoms. The van der Waals surface area contributed by atoms with E-state index in [9.17, 15) is 19.6 Å². The number of hydrogen-bond acceptors (Lipinski definition) is 7. The first-order valence-corrected chi connectivity index (χ1v) is 20.5. The molecular formula is C44H48ClN7O3. The van der Waals surface area contributed by atoms with Gasteiger partial charge in [0.1, 0.15) is 12.1 Å². The SMILES string of the molecule is N#Cc1c[nH]c2c([C@H]3CCCN(c4ccc(C5CCN(CC6CCN(c7ccc8c(c7)CN(C7CCC(=O)NC7=O)C8=O)CC6)CC5)cc4)C3)ccc(Cl)c12. The summed E-state index contributed by atoms with van der Waals surface area (Å²) in [5.74, 6) is 0.915. The molecule has 0 radical (unpaired) electrons. The number of H-pyrrole nitrogens is 1. The molecule has 4 fully saturated rings. The van der Waals surface area contributed by atoms with Gasteiger partial charge in [-0.3, -0.25) is 19.7 Å². The highest BCUT2D eigenvalue weighted by Gasteiger charge is 2.39. The van der Waals surface area contributed by atoms with Gasteiger partial charge in [0.25, 0.3) is 5.91 Å². The van der Waals surface area contributed by atoms with Gasteiger partial charge in [0.2, 0.25) is 11.8 Å². The van der Waals surface area contributed by atoms with Gasteiger partial charge in [0.05, 0.1) is 16.1 Å². The number of carbonyl (C=O) groups is 3. The van der Waals surface area contributed by atoms with Crippen LogP contribution in [0.2, 0.25) is 5.02 Å². The van der Waals surface area contributed by atoms with Gasteiger partial charge in [-0.05, 0) is 123 Å². The molecule has 0 aliphatic carbocycles. The van der Waals surface area contributed by atoms with Crippen LogP contribution in [0.4, 0.5) is 11.4 Å². The zero-order valence-electron chi connectivity index (χ0n) is 31.2. The van der Waals surface area contributed by atoms with Gasteiger partial charge in [-0.15, -0.1) is 0 Å². The van der Waals surface area contributed by atoms with E-state index in [1.165, 1.54) is 29.7 Å². The fourth-order valence-corrected chi connectivity index (χ4v) is 10.3. The van der Waals surface area contributed by atoms with E-state index in [0.29, 0.717) is 46.9 Å². The quantitative estimate of drug-likeness (QED) is 0.197. The van der Waals surface area contributed by atoms with Crippen molar-refractivity contribution < 1.29 is 14.4 Å². The number of carbonyl (C=O) groups excluding carboxylic acids is 3. The number of nitrogens with one attached hydrogen (secondary N) is 2. The monoisotopic (exact) mass is 757 g/mol. The van der Waals surface area contributed by atoms with Crippen LogP contribution in [-0.4, -0.2) is 84.4 Å². The number of imide groups is 1. The Kier molecular flexibility index (Phi) is 9.77. The van der Waals surface area contributed by atoms with Crippen molar-refractivity contribution in [3.05, 3.63) is 93.6 Å². The summed E-state index contributed by atoms with van der Waals surface area (Å²) in [5.41, 5.74) is 8.38. The topological polar surface area (TPSA) is 116 Å². The Morgan fingerprint density at radius 1 is 0.818 bits per heavy atom. The lowest BCUT2D eigenvalue weighted by Gasteiger charge is -2.38. The summed E-state index contributed by atoms with van der Waals surface area (Å²) in [5, 5.41) is 13.4. The summed E-state index contributed by atoms with van der Waals surface area (Å²) < 4.78 is 0. The molecule has 1 unspecified atom stereocenters. The zero-order chi connectivity index (χ0) is 37.6. The van der Waals surface area contributed by atoms with Gasteiger partial charge in [-0.2, -0.15) is 5.26 Å². The lowest BCUT2D eigenvalue weighted by atomic mass is 9.87. The van der Waals surface area contributed by atoms with Crippen LogP contribution >= 0.6 is 11.6 Å². The normalized spacial score (nSPS) is 23.0. The minimum Gasteiger partial charge on any atom is -0.372 e. The van der Waals surface area contributed by atoms with E-state index in [0.717, 1.165) is 93.7 Å². The smallest absolute Gasteiger partial charge is 0.255 e. The lowest BCUT2D eigenvalue weighted by molar-refractivity contribution is -0.136. The Morgan fingerprint density at radius 3 is 2.36 bits per heavy atom. The van der Waals surface area contributed by atoms with Crippen LogP contribution in [0.3, 0.4) is 0 Å². The van der Waals surface area contributed by atoms with Crippen LogP contribution in [-0.2, 0) is 16.1 Å². The number of aromatic amines is 1. The van der Waals surface area contributed by atoms with Gasteiger partial charge in [0.15, 0.2) is 0 Å². The molecular weight excluding hydrogens is 710 g/mol. The molecule has 3 aromatic carbocycles. The Hall–Kier alpha value is -4.85. The Bertz CT molecular complexity index is 2160. The maximum atomic E-state index is 13.1. The molecule has 0 spiro atoms. The molecule has 2 N–H and O–H groups in total. The first kappa shape index (κ1) is 35.8. The van der Waals surface area contributed by atoms with Gasteiger partial charge in [0, 0.05) is 80.1 Å². The van der Waals surface area contributed by atoms with Crippen LogP contribution in [0.15, 0.2) is 60.8 Å². The van der Waals surface area contributed by atoms with E-state index in [-0.39, 0.29) is 24.1 Å². The number of aromatic nitrogens is 1. The van der Waals surface area contributed by atoms with Crippen LogP contribution in [0.5, 0.6) is 0 Å². The molecule has 284 valence electrons. The van der Waals surface area contributed by atoms with Gasteiger partial charge < -0.3 is 24.6 Å². The van der Waals surface area contributed by atoms with E-state index < -0.39 is 6.04 Å². The molecule has 6 heterocycles. The number of halogens is 1. The molecule has 2 atom stereocenters. The Labute approximate surface area is 327 Å². The molecule has 0 saturated carbocycles. The summed E-state index contributed by atoms with van der Waals surface area (Å²) in [7, 11) is 0. The Morgan fingerprint density at radius 2 is 1.60 bits per heavy atom. The molecule has 4 aromatic rings. The average Bonchev–Trinajstić information content (AvgIpc) is 3.80. The third kappa shape index (κ3) is 6.98. The second-order valence-corrected chi connectivity index (χ2v) is 16.7. The number of benzene rings is 3. The summed E-state index contributed by atoms with van der Waals surface area (Å²) in [6, 6.07) is 21.3. The van der Waals surface area contributed by atoms with Crippen LogP contribution in [0, 0.1) is 17.2 Å². The first-order chi connectivity index (χ1) is 26.8. The fourth-order valence-electron chi connectivity index (χ4n) is 10.0. The van der Waals surface area contributed by atoms with Crippen LogP contribution in [0.25, 0.3) is 10.9 Å². The predicted molar refractivity (Wildman–Crippen MR) is 214 cm³/mol. The number of amides is 3. The molecule has 3 amide bonds. The predicted octanol–water partition coefficient (Wildman–Crippen LogP) is 6.93. The maximum absolute atomic E-state index is 13.1. The van der Waals surface area contributed by atoms with E-state index in [1.54, 1.807) is 11.1 Å². The number of hydrogen-bond donors (Lipinski definition) is 2. The van der Waals surface area contributed by atoms with E-state index in [2.05, 4.69) is 73.5 Å². The molecule has 9 rings (SSSR count). The van der Waals surface area contributed by atoms with Crippen molar-refractivity contribution in [1.29, 1.82) is 5.26 Å². The van der Waals surface area contributed by atoms with E-state index in [4.69, 9.17) is 11.6 Å². The number of fused-ring (bicyclic) bond motifs is 2. The van der Waals surface area contributed by atoms with Crippen molar-refractivity contribution in [3.63, 3.8) is 0 Å². The number of piperidine rings is 4. The third-order valence-corrected chi connectivity index (χ3v) is 13.4. The third-order valence-electron chi connectivity index (χ3n) is 13.1. The maximum Gasteiger partial charge on any atom is 0.255 e.